The van der Waals surface area contributed by atoms with Gasteiger partial charge in [0.25, 0.3) is 11.7 Å². The zero-order valence-corrected chi connectivity index (χ0v) is 19.7. The first-order valence-electron chi connectivity index (χ1n) is 10.1. The molecular formula is C24H19Cl2N3O5. The number of aromatic nitrogens is 2. The van der Waals surface area contributed by atoms with E-state index in [1.165, 1.54) is 25.2 Å². The zero-order chi connectivity index (χ0) is 24.4. The number of halogens is 2. The molecule has 0 radical (unpaired) electrons. The van der Waals surface area contributed by atoms with Crippen LogP contribution in [0, 0.1) is 0 Å². The number of amides is 1. The molecule has 1 saturated heterocycles. The Morgan fingerprint density at radius 2 is 1.76 bits per heavy atom. The highest BCUT2D eigenvalue weighted by atomic mass is 35.5. The Morgan fingerprint density at radius 3 is 2.38 bits per heavy atom. The van der Waals surface area contributed by atoms with Crippen LogP contribution in [0.2, 0.25) is 10.0 Å². The molecule has 1 aromatic carbocycles. The third-order valence-electron chi connectivity index (χ3n) is 5.40. The van der Waals surface area contributed by atoms with Gasteiger partial charge in [0.15, 0.2) is 11.5 Å². The molecule has 174 valence electrons. The Balaban J connectivity index is 1.93. The summed E-state index contributed by atoms with van der Waals surface area (Å²) >= 11 is 12.7. The molecule has 1 aliphatic heterocycles. The Kier molecular flexibility index (Phi) is 6.72. The van der Waals surface area contributed by atoms with Gasteiger partial charge in [-0.2, -0.15) is 0 Å². The van der Waals surface area contributed by atoms with Crippen LogP contribution in [0.3, 0.4) is 0 Å². The van der Waals surface area contributed by atoms with Crippen molar-refractivity contribution >= 4 is 40.7 Å². The summed E-state index contributed by atoms with van der Waals surface area (Å²) in [5.41, 5.74) is 1.04. The van der Waals surface area contributed by atoms with E-state index in [0.29, 0.717) is 5.69 Å². The molecule has 4 rings (SSSR count). The highest BCUT2D eigenvalue weighted by molar-refractivity contribution is 6.46. The van der Waals surface area contributed by atoms with Crippen LogP contribution in [0.15, 0.2) is 60.6 Å². The summed E-state index contributed by atoms with van der Waals surface area (Å²) in [6, 6.07) is 9.00. The maximum atomic E-state index is 13.2. The molecule has 2 aromatic heterocycles. The SMILES string of the molecule is COc1c(Cl)cc(/C(O)=C2\C(=O)C(=O)N(Cc3ccncc3)C2c2ccccn2)c(OC)c1Cl. The highest BCUT2D eigenvalue weighted by Gasteiger charge is 2.47. The van der Waals surface area contributed by atoms with Crippen LogP contribution >= 0.6 is 23.2 Å². The summed E-state index contributed by atoms with van der Waals surface area (Å²) in [7, 11) is 2.74. The van der Waals surface area contributed by atoms with Crippen molar-refractivity contribution in [1.82, 2.24) is 14.9 Å². The number of aliphatic hydroxyl groups excluding tert-OH is 1. The normalized spacial score (nSPS) is 17.2. The van der Waals surface area contributed by atoms with Crippen LogP contribution in [0.1, 0.15) is 22.9 Å². The van der Waals surface area contributed by atoms with E-state index in [9.17, 15) is 14.7 Å². The number of benzene rings is 1. The number of pyridine rings is 2. The average molecular weight is 500 g/mol. The third-order valence-corrected chi connectivity index (χ3v) is 6.03. The molecule has 10 heteroatoms. The van der Waals surface area contributed by atoms with E-state index in [1.807, 2.05) is 0 Å². The number of hydrogen-bond acceptors (Lipinski definition) is 7. The van der Waals surface area contributed by atoms with E-state index in [1.54, 1.807) is 48.9 Å². The Hall–Kier alpha value is -3.62. The number of methoxy groups -OCH3 is 2. The summed E-state index contributed by atoms with van der Waals surface area (Å²) < 4.78 is 10.6. The molecular weight excluding hydrogens is 481 g/mol. The number of carbonyl (C=O) groups excluding carboxylic acids is 2. The Bertz CT molecular complexity index is 1280. The van der Waals surface area contributed by atoms with E-state index >= 15 is 0 Å². The molecule has 0 aliphatic carbocycles. The van der Waals surface area contributed by atoms with Crippen LogP contribution in [0.5, 0.6) is 11.5 Å². The van der Waals surface area contributed by atoms with Gasteiger partial charge >= 0.3 is 0 Å². The van der Waals surface area contributed by atoms with E-state index in [2.05, 4.69) is 9.97 Å². The highest BCUT2D eigenvalue weighted by Crippen LogP contribution is 2.47. The van der Waals surface area contributed by atoms with Gasteiger partial charge in [-0.15, -0.1) is 0 Å². The van der Waals surface area contributed by atoms with Crippen molar-refractivity contribution in [3.05, 3.63) is 87.4 Å². The topological polar surface area (TPSA) is 102 Å². The number of carbonyl (C=O) groups is 2. The second kappa shape index (κ2) is 9.70. The Morgan fingerprint density at radius 1 is 1.06 bits per heavy atom. The van der Waals surface area contributed by atoms with Crippen molar-refractivity contribution in [3.8, 4) is 11.5 Å². The first-order valence-corrected chi connectivity index (χ1v) is 10.8. The lowest BCUT2D eigenvalue weighted by Gasteiger charge is -2.24. The lowest BCUT2D eigenvalue weighted by molar-refractivity contribution is -0.140. The maximum absolute atomic E-state index is 13.2. The molecule has 0 bridgehead atoms. The van der Waals surface area contributed by atoms with Crippen molar-refractivity contribution in [2.24, 2.45) is 0 Å². The fourth-order valence-corrected chi connectivity index (χ4v) is 4.55. The summed E-state index contributed by atoms with van der Waals surface area (Å²) in [6.07, 6.45) is 4.73. The lowest BCUT2D eigenvalue weighted by Crippen LogP contribution is -2.29. The van der Waals surface area contributed by atoms with Gasteiger partial charge in [0.05, 0.1) is 36.1 Å². The molecule has 1 N–H and O–H groups in total. The largest absolute Gasteiger partial charge is 0.507 e. The van der Waals surface area contributed by atoms with E-state index in [4.69, 9.17) is 32.7 Å². The molecule has 1 aliphatic rings. The van der Waals surface area contributed by atoms with Crippen LogP contribution in [-0.4, -0.2) is 45.9 Å². The van der Waals surface area contributed by atoms with Gasteiger partial charge in [0.2, 0.25) is 0 Å². The first kappa shape index (κ1) is 23.5. The number of hydrogen-bond donors (Lipinski definition) is 1. The van der Waals surface area contributed by atoms with Gasteiger partial charge in [0, 0.05) is 25.1 Å². The number of ether oxygens (including phenoxy) is 2. The first-order chi connectivity index (χ1) is 16.4. The van der Waals surface area contributed by atoms with Crippen molar-refractivity contribution in [3.63, 3.8) is 0 Å². The number of rotatable bonds is 6. The number of nitrogens with zero attached hydrogens (tertiary/aromatic N) is 3. The second-order valence-electron chi connectivity index (χ2n) is 7.32. The maximum Gasteiger partial charge on any atom is 0.296 e. The van der Waals surface area contributed by atoms with E-state index < -0.39 is 23.5 Å². The fourth-order valence-electron chi connectivity index (χ4n) is 3.86. The molecule has 3 heterocycles. The fraction of sp³-hybridized carbons (Fsp3) is 0.167. The van der Waals surface area contributed by atoms with Crippen LogP contribution in [0.4, 0.5) is 0 Å². The lowest BCUT2D eigenvalue weighted by atomic mass is 9.97. The van der Waals surface area contributed by atoms with Gasteiger partial charge < -0.3 is 19.5 Å². The minimum atomic E-state index is -0.960. The monoisotopic (exact) mass is 499 g/mol. The molecule has 1 amide bonds. The standard InChI is InChI=1S/C24H19Cl2N3O5/c1-33-22-14(11-15(25)23(34-2)18(22)26)20(30)17-19(16-5-3-4-8-28-16)29(24(32)21(17)31)12-13-6-9-27-10-7-13/h3-11,19,30H,12H2,1-2H3/b20-17+. The molecule has 0 spiro atoms. The summed E-state index contributed by atoms with van der Waals surface area (Å²) in [4.78, 5) is 36.0. The van der Waals surface area contributed by atoms with Crippen molar-refractivity contribution in [1.29, 1.82) is 0 Å². The molecule has 1 unspecified atom stereocenters. The van der Waals surface area contributed by atoms with Gasteiger partial charge in [-0.25, -0.2) is 0 Å². The summed E-state index contributed by atoms with van der Waals surface area (Å²) in [6.45, 7) is 0.104. The summed E-state index contributed by atoms with van der Waals surface area (Å²) in [5, 5.41) is 11.5. The predicted molar refractivity (Wildman–Crippen MR) is 126 cm³/mol. The molecule has 3 aromatic rings. The number of likely N-dealkylation sites (tertiary alicyclic amines) is 1. The van der Waals surface area contributed by atoms with Crippen LogP contribution in [-0.2, 0) is 16.1 Å². The second-order valence-corrected chi connectivity index (χ2v) is 8.11. The number of ketones is 1. The molecule has 34 heavy (non-hydrogen) atoms. The van der Waals surface area contributed by atoms with E-state index in [-0.39, 0.29) is 39.2 Å². The molecule has 1 fully saturated rings. The third kappa shape index (κ3) is 4.06. The zero-order valence-electron chi connectivity index (χ0n) is 18.2. The van der Waals surface area contributed by atoms with Crippen molar-refractivity contribution < 1.29 is 24.2 Å². The van der Waals surface area contributed by atoms with Gasteiger partial charge in [-0.3, -0.25) is 19.6 Å². The molecule has 0 saturated carbocycles. The average Bonchev–Trinajstić information content (AvgIpc) is 3.09. The quantitative estimate of drug-likeness (QED) is 0.304. The number of Topliss-reactive ketones (excluding diaryl/α,β-unsaturated/α-hetero) is 1. The van der Waals surface area contributed by atoms with Crippen LogP contribution in [0.25, 0.3) is 5.76 Å². The minimum absolute atomic E-state index is 0.0134. The van der Waals surface area contributed by atoms with E-state index in [0.717, 1.165) is 5.56 Å². The van der Waals surface area contributed by atoms with Crippen LogP contribution < -0.4 is 9.47 Å². The van der Waals surface area contributed by atoms with Crippen molar-refractivity contribution in [2.45, 2.75) is 12.6 Å². The molecule has 8 nitrogen and oxygen atoms in total. The summed E-state index contributed by atoms with van der Waals surface area (Å²) in [5.74, 6) is -1.95. The van der Waals surface area contributed by atoms with Gasteiger partial charge in [0.1, 0.15) is 16.8 Å². The van der Waals surface area contributed by atoms with Gasteiger partial charge in [-0.1, -0.05) is 29.3 Å². The number of aliphatic hydroxyl groups is 1. The minimum Gasteiger partial charge on any atom is -0.507 e. The predicted octanol–water partition coefficient (Wildman–Crippen LogP) is 4.42. The van der Waals surface area contributed by atoms with Gasteiger partial charge in [-0.05, 0) is 35.9 Å². The Labute approximate surface area is 205 Å². The smallest absolute Gasteiger partial charge is 0.296 e. The molecule has 1 atom stereocenters. The van der Waals surface area contributed by atoms with Crippen molar-refractivity contribution in [2.75, 3.05) is 14.2 Å².